The third-order valence-electron chi connectivity index (χ3n) is 2.82. The Bertz CT molecular complexity index is 692. The first-order valence-electron chi connectivity index (χ1n) is 5.80. The third kappa shape index (κ3) is 2.52. The smallest absolute Gasteiger partial charge is 0.279 e. The van der Waals surface area contributed by atoms with Crippen molar-refractivity contribution in [3.8, 4) is 17.0 Å². The maximum absolute atomic E-state index is 11.8. The molecule has 0 atom stereocenters. The molecule has 0 aliphatic rings. The summed E-state index contributed by atoms with van der Waals surface area (Å²) in [6, 6.07) is 8.52. The highest BCUT2D eigenvalue weighted by molar-refractivity contribution is 5.94. The van der Waals surface area contributed by atoms with Gasteiger partial charge >= 0.3 is 0 Å². The molecule has 0 saturated heterocycles. The zero-order chi connectivity index (χ0) is 14.7. The van der Waals surface area contributed by atoms with Crippen molar-refractivity contribution in [2.45, 2.75) is 0 Å². The summed E-state index contributed by atoms with van der Waals surface area (Å²) in [5.41, 5.74) is 2.63. The van der Waals surface area contributed by atoms with Crippen LogP contribution in [0.2, 0.25) is 0 Å². The topological polar surface area (TPSA) is 99.2 Å². The number of amides is 1. The number of nitrogens with one attached hydrogen (secondary N) is 1. The predicted molar refractivity (Wildman–Crippen MR) is 73.1 cm³/mol. The van der Waals surface area contributed by atoms with Gasteiger partial charge in [0.15, 0.2) is 0 Å². The highest BCUT2D eigenvalue weighted by Crippen LogP contribution is 2.20. The fourth-order valence-electron chi connectivity index (χ4n) is 1.75. The van der Waals surface area contributed by atoms with Crippen LogP contribution in [0, 0.1) is 0 Å². The van der Waals surface area contributed by atoms with Crippen LogP contribution in [0.3, 0.4) is 0 Å². The molecule has 7 heteroatoms. The van der Waals surface area contributed by atoms with Gasteiger partial charge in [-0.15, -0.1) is 0 Å². The highest BCUT2D eigenvalue weighted by Gasteiger charge is 2.14. The number of hydrogen-bond donors (Lipinski definition) is 2. The van der Waals surface area contributed by atoms with E-state index in [0.717, 1.165) is 10.2 Å². The van der Waals surface area contributed by atoms with E-state index >= 15 is 0 Å². The molecule has 0 radical (unpaired) electrons. The number of nitrogens with two attached hydrogens (primary N) is 1. The van der Waals surface area contributed by atoms with Crippen molar-refractivity contribution in [3.05, 3.63) is 46.2 Å². The molecule has 3 N–H and O–H groups in total. The molecule has 1 amide bonds. The first-order valence-corrected chi connectivity index (χ1v) is 5.80. The summed E-state index contributed by atoms with van der Waals surface area (Å²) >= 11 is 0. The van der Waals surface area contributed by atoms with Gasteiger partial charge in [0.25, 0.3) is 11.5 Å². The number of aryl methyl sites for hydroxylation is 1. The number of benzene rings is 1. The molecule has 0 spiro atoms. The van der Waals surface area contributed by atoms with Gasteiger partial charge < -0.3 is 4.74 Å². The Labute approximate surface area is 114 Å². The maximum atomic E-state index is 11.8. The van der Waals surface area contributed by atoms with Crippen molar-refractivity contribution in [1.82, 2.24) is 15.2 Å². The van der Waals surface area contributed by atoms with Crippen LogP contribution < -0.4 is 21.6 Å². The number of rotatable bonds is 3. The molecule has 0 fully saturated rings. The monoisotopic (exact) mass is 274 g/mol. The molecule has 0 aliphatic carbocycles. The standard InChI is InChI=1S/C13H14N4O3/c1-17-13(19)10(12(18)15-14)7-11(16-17)8-3-5-9(20-2)6-4-8/h3-7H,14H2,1-2H3,(H,15,18). The van der Waals surface area contributed by atoms with E-state index in [2.05, 4.69) is 5.10 Å². The Morgan fingerprint density at radius 3 is 2.55 bits per heavy atom. The largest absolute Gasteiger partial charge is 0.497 e. The molecule has 1 heterocycles. The van der Waals surface area contributed by atoms with Crippen LogP contribution in [0.1, 0.15) is 10.4 Å². The van der Waals surface area contributed by atoms with E-state index in [9.17, 15) is 9.59 Å². The highest BCUT2D eigenvalue weighted by atomic mass is 16.5. The number of nitrogen functional groups attached to an aromatic ring is 1. The number of hydrazine groups is 1. The molecular weight excluding hydrogens is 260 g/mol. The van der Waals surface area contributed by atoms with Gasteiger partial charge in [-0.3, -0.25) is 15.0 Å². The molecule has 0 bridgehead atoms. The van der Waals surface area contributed by atoms with Gasteiger partial charge in [0.05, 0.1) is 12.8 Å². The molecule has 7 nitrogen and oxygen atoms in total. The van der Waals surface area contributed by atoms with Gasteiger partial charge in [-0.2, -0.15) is 5.10 Å². The van der Waals surface area contributed by atoms with Crippen molar-refractivity contribution < 1.29 is 9.53 Å². The molecule has 20 heavy (non-hydrogen) atoms. The zero-order valence-corrected chi connectivity index (χ0v) is 11.1. The quantitative estimate of drug-likeness (QED) is 0.468. The number of ether oxygens (including phenoxy) is 1. The third-order valence-corrected chi connectivity index (χ3v) is 2.82. The Balaban J connectivity index is 2.54. The second kappa shape index (κ2) is 5.54. The molecule has 2 aromatic rings. The number of methoxy groups -OCH3 is 1. The minimum Gasteiger partial charge on any atom is -0.497 e. The average molecular weight is 274 g/mol. The van der Waals surface area contributed by atoms with Crippen LogP contribution in [0.4, 0.5) is 0 Å². The fraction of sp³-hybridized carbons (Fsp3) is 0.154. The summed E-state index contributed by atoms with van der Waals surface area (Å²) in [6.45, 7) is 0. The van der Waals surface area contributed by atoms with Crippen LogP contribution in [0.25, 0.3) is 11.3 Å². The minimum absolute atomic E-state index is 0.0594. The fourth-order valence-corrected chi connectivity index (χ4v) is 1.75. The van der Waals surface area contributed by atoms with Crippen LogP contribution in [0.15, 0.2) is 35.1 Å². The molecular formula is C13H14N4O3. The number of carbonyl (C=O) groups excluding carboxylic acids is 1. The first kappa shape index (κ1) is 13.8. The van der Waals surface area contributed by atoms with Crippen molar-refractivity contribution >= 4 is 5.91 Å². The lowest BCUT2D eigenvalue weighted by Crippen LogP contribution is -2.36. The van der Waals surface area contributed by atoms with Crippen LogP contribution in [0.5, 0.6) is 5.75 Å². The molecule has 1 aromatic carbocycles. The second-order valence-electron chi connectivity index (χ2n) is 4.07. The van der Waals surface area contributed by atoms with Crippen molar-refractivity contribution in [2.75, 3.05) is 7.11 Å². The summed E-state index contributed by atoms with van der Waals surface area (Å²) in [7, 11) is 3.05. The number of hydrogen-bond acceptors (Lipinski definition) is 5. The molecule has 0 unspecified atom stereocenters. The molecule has 1 aromatic heterocycles. The normalized spacial score (nSPS) is 10.2. The van der Waals surface area contributed by atoms with E-state index in [1.807, 2.05) is 5.43 Å². The molecule has 2 rings (SSSR count). The summed E-state index contributed by atoms with van der Waals surface area (Å²) in [6.07, 6.45) is 0. The summed E-state index contributed by atoms with van der Waals surface area (Å²) in [5.74, 6) is 5.12. The first-order chi connectivity index (χ1) is 9.56. The lowest BCUT2D eigenvalue weighted by atomic mass is 10.1. The lowest BCUT2D eigenvalue weighted by Gasteiger charge is -2.07. The van der Waals surface area contributed by atoms with Gasteiger partial charge in [-0.05, 0) is 30.3 Å². The Morgan fingerprint density at radius 1 is 1.35 bits per heavy atom. The van der Waals surface area contributed by atoms with E-state index in [1.165, 1.54) is 13.1 Å². The SMILES string of the molecule is COc1ccc(-c2cc(C(=O)NN)c(=O)n(C)n2)cc1. The Morgan fingerprint density at radius 2 is 2.00 bits per heavy atom. The summed E-state index contributed by atoms with van der Waals surface area (Å²) < 4.78 is 6.17. The Hall–Kier alpha value is -2.67. The molecule has 0 saturated carbocycles. The van der Waals surface area contributed by atoms with Crippen molar-refractivity contribution in [3.63, 3.8) is 0 Å². The van der Waals surface area contributed by atoms with Crippen LogP contribution in [-0.4, -0.2) is 22.8 Å². The van der Waals surface area contributed by atoms with E-state index < -0.39 is 11.5 Å². The average Bonchev–Trinajstić information content (AvgIpc) is 2.49. The van der Waals surface area contributed by atoms with Gasteiger partial charge in [0, 0.05) is 12.6 Å². The van der Waals surface area contributed by atoms with Gasteiger partial charge in [-0.1, -0.05) is 0 Å². The summed E-state index contributed by atoms with van der Waals surface area (Å²) in [4.78, 5) is 23.4. The summed E-state index contributed by atoms with van der Waals surface area (Å²) in [5, 5.41) is 4.12. The van der Waals surface area contributed by atoms with Crippen LogP contribution >= 0.6 is 0 Å². The Kier molecular flexibility index (Phi) is 3.81. The number of nitrogens with zero attached hydrogens (tertiary/aromatic N) is 2. The zero-order valence-electron chi connectivity index (χ0n) is 11.1. The second-order valence-corrected chi connectivity index (χ2v) is 4.07. The molecule has 104 valence electrons. The van der Waals surface area contributed by atoms with Crippen LogP contribution in [-0.2, 0) is 7.05 Å². The van der Waals surface area contributed by atoms with Crippen molar-refractivity contribution in [1.29, 1.82) is 0 Å². The van der Waals surface area contributed by atoms with E-state index in [4.69, 9.17) is 10.6 Å². The lowest BCUT2D eigenvalue weighted by molar-refractivity contribution is 0.0951. The van der Waals surface area contributed by atoms with Crippen molar-refractivity contribution in [2.24, 2.45) is 12.9 Å². The number of carbonyl (C=O) groups is 1. The maximum Gasteiger partial charge on any atom is 0.279 e. The van der Waals surface area contributed by atoms with E-state index in [0.29, 0.717) is 11.4 Å². The van der Waals surface area contributed by atoms with Gasteiger partial charge in [0.1, 0.15) is 11.3 Å². The van der Waals surface area contributed by atoms with Gasteiger partial charge in [-0.25, -0.2) is 10.5 Å². The predicted octanol–water partition coefficient (Wildman–Crippen LogP) is 0.0594. The van der Waals surface area contributed by atoms with E-state index in [1.54, 1.807) is 31.4 Å². The van der Waals surface area contributed by atoms with Gasteiger partial charge in [0.2, 0.25) is 0 Å². The molecule has 0 aliphatic heterocycles. The number of aromatic nitrogens is 2. The van der Waals surface area contributed by atoms with E-state index in [-0.39, 0.29) is 5.56 Å². The minimum atomic E-state index is -0.650.